The maximum atomic E-state index is 12.6. The molecule has 1 aliphatic heterocycles. The topological polar surface area (TPSA) is 65.2 Å². The normalized spacial score (nSPS) is 25.6. The maximum Gasteiger partial charge on any atom is 0.416 e. The van der Waals surface area contributed by atoms with Crippen LogP contribution in [-0.4, -0.2) is 23.9 Å². The molecule has 2 rings (SSSR count). The standard InChI is InChI=1S/C13H16ClF3N4O/c1-7-5-10(14)20-11(18-7)21-12(22)19-9-4-2-3-8(6-9)13(15,16)17/h2-4,6-7,10-11,18,20H,5H2,1H3,(H2,19,21,22). The van der Waals surface area contributed by atoms with Crippen molar-refractivity contribution < 1.29 is 18.0 Å². The summed E-state index contributed by atoms with van der Waals surface area (Å²) < 4.78 is 37.8. The summed E-state index contributed by atoms with van der Waals surface area (Å²) in [6.45, 7) is 1.91. The Morgan fingerprint density at radius 3 is 2.73 bits per heavy atom. The predicted octanol–water partition coefficient (Wildman–Crippen LogP) is 2.65. The number of carbonyl (C=O) groups excluding carboxylic acids is 1. The first-order chi connectivity index (χ1) is 10.2. The fourth-order valence-corrected chi connectivity index (χ4v) is 2.51. The number of carbonyl (C=O) groups is 1. The smallest absolute Gasteiger partial charge is 0.310 e. The van der Waals surface area contributed by atoms with Crippen molar-refractivity contribution in [3.8, 4) is 0 Å². The molecule has 1 heterocycles. The lowest BCUT2D eigenvalue weighted by atomic mass is 10.2. The highest BCUT2D eigenvalue weighted by Crippen LogP contribution is 2.30. The quantitative estimate of drug-likeness (QED) is 0.496. The summed E-state index contributed by atoms with van der Waals surface area (Å²) in [5.74, 6) is 0. The third-order valence-corrected chi connectivity index (χ3v) is 3.39. The van der Waals surface area contributed by atoms with Crippen LogP contribution in [0.4, 0.5) is 23.7 Å². The molecule has 22 heavy (non-hydrogen) atoms. The molecule has 0 saturated carbocycles. The van der Waals surface area contributed by atoms with Crippen molar-refractivity contribution in [2.45, 2.75) is 37.4 Å². The minimum absolute atomic E-state index is 0.0543. The van der Waals surface area contributed by atoms with E-state index in [1.165, 1.54) is 12.1 Å². The van der Waals surface area contributed by atoms with E-state index in [0.717, 1.165) is 12.1 Å². The Hall–Kier alpha value is -1.51. The molecule has 1 aromatic carbocycles. The zero-order valence-corrected chi connectivity index (χ0v) is 12.4. The SMILES string of the molecule is CC1CC(Cl)NC(NC(=O)Nc2cccc(C(F)(F)F)c2)N1. The second-order valence-corrected chi connectivity index (χ2v) is 5.57. The zero-order chi connectivity index (χ0) is 16.3. The van der Waals surface area contributed by atoms with Crippen LogP contribution < -0.4 is 21.3 Å². The Morgan fingerprint density at radius 1 is 1.36 bits per heavy atom. The van der Waals surface area contributed by atoms with E-state index in [-0.39, 0.29) is 17.2 Å². The molecule has 0 spiro atoms. The molecular weight excluding hydrogens is 321 g/mol. The largest absolute Gasteiger partial charge is 0.416 e. The van der Waals surface area contributed by atoms with Gasteiger partial charge in [0.05, 0.1) is 11.1 Å². The van der Waals surface area contributed by atoms with Gasteiger partial charge in [0.15, 0.2) is 0 Å². The third-order valence-electron chi connectivity index (χ3n) is 3.08. The molecule has 0 aliphatic carbocycles. The van der Waals surface area contributed by atoms with E-state index < -0.39 is 24.1 Å². The van der Waals surface area contributed by atoms with Gasteiger partial charge in [0.2, 0.25) is 0 Å². The number of benzene rings is 1. The van der Waals surface area contributed by atoms with Crippen LogP contribution in [0.3, 0.4) is 0 Å². The van der Waals surface area contributed by atoms with Crippen molar-refractivity contribution in [1.82, 2.24) is 16.0 Å². The first-order valence-corrected chi connectivity index (χ1v) is 7.08. The van der Waals surface area contributed by atoms with E-state index in [0.29, 0.717) is 6.42 Å². The molecule has 1 aliphatic rings. The molecule has 3 atom stereocenters. The second kappa shape index (κ2) is 6.72. The van der Waals surface area contributed by atoms with Crippen LogP contribution in [0, 0.1) is 0 Å². The van der Waals surface area contributed by atoms with Crippen LogP contribution in [-0.2, 0) is 6.18 Å². The fourth-order valence-electron chi connectivity index (χ4n) is 2.11. The Labute approximate surface area is 130 Å². The maximum absolute atomic E-state index is 12.6. The zero-order valence-electron chi connectivity index (χ0n) is 11.7. The van der Waals surface area contributed by atoms with Gasteiger partial charge in [0.1, 0.15) is 6.29 Å². The highest BCUT2D eigenvalue weighted by atomic mass is 35.5. The molecule has 0 aromatic heterocycles. The molecule has 1 fully saturated rings. The first-order valence-electron chi connectivity index (χ1n) is 6.65. The van der Waals surface area contributed by atoms with Gasteiger partial charge in [-0.05, 0) is 31.5 Å². The van der Waals surface area contributed by atoms with E-state index in [1.807, 2.05) is 6.92 Å². The number of anilines is 1. The van der Waals surface area contributed by atoms with Gasteiger partial charge in [-0.3, -0.25) is 10.6 Å². The molecule has 4 N–H and O–H groups in total. The lowest BCUT2D eigenvalue weighted by Gasteiger charge is -2.33. The van der Waals surface area contributed by atoms with Gasteiger partial charge in [0, 0.05) is 11.7 Å². The number of halogens is 4. The molecule has 0 bridgehead atoms. The number of rotatable bonds is 2. The first kappa shape index (κ1) is 16.9. The summed E-state index contributed by atoms with van der Waals surface area (Å²) in [7, 11) is 0. The minimum atomic E-state index is -4.46. The molecular formula is C13H16ClF3N4O. The molecule has 1 saturated heterocycles. The molecule has 9 heteroatoms. The van der Waals surface area contributed by atoms with Crippen LogP contribution in [0.2, 0.25) is 0 Å². The number of urea groups is 1. The van der Waals surface area contributed by atoms with E-state index in [1.54, 1.807) is 0 Å². The fraction of sp³-hybridized carbons (Fsp3) is 0.462. The molecule has 2 amide bonds. The van der Waals surface area contributed by atoms with Gasteiger partial charge in [-0.25, -0.2) is 4.79 Å². The predicted molar refractivity (Wildman–Crippen MR) is 77.4 cm³/mol. The number of nitrogens with one attached hydrogen (secondary N) is 4. The Kier molecular flexibility index (Phi) is 5.15. The van der Waals surface area contributed by atoms with Crippen molar-refractivity contribution in [1.29, 1.82) is 0 Å². The monoisotopic (exact) mass is 336 g/mol. The molecule has 5 nitrogen and oxygen atoms in total. The summed E-state index contributed by atoms with van der Waals surface area (Å²) in [6, 6.07) is 3.88. The van der Waals surface area contributed by atoms with Gasteiger partial charge in [-0.2, -0.15) is 13.2 Å². The highest BCUT2D eigenvalue weighted by Gasteiger charge is 2.30. The Morgan fingerprint density at radius 2 is 2.09 bits per heavy atom. The summed E-state index contributed by atoms with van der Waals surface area (Å²) in [5.41, 5.74) is -1.07. The average molecular weight is 337 g/mol. The Bertz CT molecular complexity index is 530. The van der Waals surface area contributed by atoms with Crippen LogP contribution >= 0.6 is 11.6 Å². The summed E-state index contributed by atoms with van der Waals surface area (Å²) in [4.78, 5) is 11.8. The molecule has 1 aromatic rings. The third kappa shape index (κ3) is 4.75. The Balaban J connectivity index is 1.95. The number of hydrogen-bond acceptors (Lipinski definition) is 3. The van der Waals surface area contributed by atoms with Gasteiger partial charge in [-0.15, -0.1) is 11.6 Å². The van der Waals surface area contributed by atoms with Gasteiger partial charge < -0.3 is 10.6 Å². The average Bonchev–Trinajstić information content (AvgIpc) is 2.36. The molecule has 0 radical (unpaired) electrons. The number of hydrogen-bond donors (Lipinski definition) is 4. The summed E-state index contributed by atoms with van der Waals surface area (Å²) in [5, 5.41) is 10.9. The van der Waals surface area contributed by atoms with Crippen LogP contribution in [0.15, 0.2) is 24.3 Å². The lowest BCUT2D eigenvalue weighted by molar-refractivity contribution is -0.137. The van der Waals surface area contributed by atoms with Crippen molar-refractivity contribution in [2.75, 3.05) is 5.32 Å². The van der Waals surface area contributed by atoms with Crippen molar-refractivity contribution >= 4 is 23.3 Å². The van der Waals surface area contributed by atoms with E-state index in [4.69, 9.17) is 11.6 Å². The molecule has 3 unspecified atom stereocenters. The summed E-state index contributed by atoms with van der Waals surface area (Å²) in [6.07, 6.45) is -4.33. The number of alkyl halides is 4. The molecule has 122 valence electrons. The van der Waals surface area contributed by atoms with Gasteiger partial charge in [0.25, 0.3) is 0 Å². The van der Waals surface area contributed by atoms with Gasteiger partial charge in [-0.1, -0.05) is 6.07 Å². The van der Waals surface area contributed by atoms with Gasteiger partial charge >= 0.3 is 12.2 Å². The van der Waals surface area contributed by atoms with Crippen LogP contribution in [0.5, 0.6) is 0 Å². The van der Waals surface area contributed by atoms with E-state index in [9.17, 15) is 18.0 Å². The highest BCUT2D eigenvalue weighted by molar-refractivity contribution is 6.20. The van der Waals surface area contributed by atoms with Crippen molar-refractivity contribution in [3.05, 3.63) is 29.8 Å². The van der Waals surface area contributed by atoms with E-state index >= 15 is 0 Å². The van der Waals surface area contributed by atoms with E-state index in [2.05, 4.69) is 21.3 Å². The van der Waals surface area contributed by atoms with Crippen molar-refractivity contribution in [3.63, 3.8) is 0 Å². The minimum Gasteiger partial charge on any atom is -0.310 e. The van der Waals surface area contributed by atoms with Crippen molar-refractivity contribution in [2.24, 2.45) is 0 Å². The van der Waals surface area contributed by atoms with Crippen LogP contribution in [0.25, 0.3) is 0 Å². The summed E-state index contributed by atoms with van der Waals surface area (Å²) >= 11 is 5.97. The van der Waals surface area contributed by atoms with Crippen LogP contribution in [0.1, 0.15) is 18.9 Å². The lowest BCUT2D eigenvalue weighted by Crippen LogP contribution is -2.63. The second-order valence-electron chi connectivity index (χ2n) is 5.05. The number of amides is 2.